The Morgan fingerprint density at radius 2 is 1.89 bits per heavy atom. The molecule has 0 aliphatic carbocycles. The van der Waals surface area contributed by atoms with E-state index in [4.69, 9.17) is 5.11 Å². The summed E-state index contributed by atoms with van der Waals surface area (Å²) in [7, 11) is 3.93. The number of hydrogen-bond acceptors (Lipinski definition) is 3. The number of nitrogens with zero attached hydrogens (tertiary/aromatic N) is 1. The first-order valence-electron chi connectivity index (χ1n) is 6.62. The summed E-state index contributed by atoms with van der Waals surface area (Å²) in [5.41, 5.74) is 1.35. The quantitative estimate of drug-likeness (QED) is 0.826. The van der Waals surface area contributed by atoms with Gasteiger partial charge in [0, 0.05) is 37.5 Å². The highest BCUT2D eigenvalue weighted by molar-refractivity contribution is 5.95. The molecule has 2 N–H and O–H groups in total. The maximum absolute atomic E-state index is 12.2. The number of anilines is 1. The molecule has 19 heavy (non-hydrogen) atoms. The Hall–Kier alpha value is -1.55. The van der Waals surface area contributed by atoms with Gasteiger partial charge in [0.1, 0.15) is 0 Å². The third-order valence-corrected chi connectivity index (χ3v) is 3.51. The first kappa shape index (κ1) is 15.5. The van der Waals surface area contributed by atoms with Crippen molar-refractivity contribution in [3.8, 4) is 0 Å². The van der Waals surface area contributed by atoms with Gasteiger partial charge in [-0.25, -0.2) is 0 Å². The van der Waals surface area contributed by atoms with Crippen molar-refractivity contribution in [3.05, 3.63) is 29.8 Å². The van der Waals surface area contributed by atoms with Crippen molar-refractivity contribution >= 4 is 11.6 Å². The topological polar surface area (TPSA) is 52.6 Å². The molecule has 1 aromatic carbocycles. The Morgan fingerprint density at radius 1 is 1.32 bits per heavy atom. The lowest BCUT2D eigenvalue weighted by Gasteiger charge is -2.29. The minimum Gasteiger partial charge on any atom is -0.396 e. The average molecular weight is 264 g/mol. The normalized spacial score (nSPS) is 13.7. The van der Waals surface area contributed by atoms with Gasteiger partial charge in [0.15, 0.2) is 0 Å². The van der Waals surface area contributed by atoms with Crippen LogP contribution >= 0.6 is 0 Å². The Labute approximate surface area is 115 Å². The zero-order valence-corrected chi connectivity index (χ0v) is 12.2. The van der Waals surface area contributed by atoms with E-state index in [0.717, 1.165) is 12.1 Å². The molecule has 1 unspecified atom stereocenters. The summed E-state index contributed by atoms with van der Waals surface area (Å²) < 4.78 is 0. The third-order valence-electron chi connectivity index (χ3n) is 3.51. The van der Waals surface area contributed by atoms with E-state index in [1.165, 1.54) is 0 Å². The molecule has 4 nitrogen and oxygen atoms in total. The smallest absolute Gasteiger partial charge is 0.251 e. The lowest BCUT2D eigenvalue weighted by Crippen LogP contribution is -2.46. The summed E-state index contributed by atoms with van der Waals surface area (Å²) >= 11 is 0. The van der Waals surface area contributed by atoms with E-state index in [-0.39, 0.29) is 18.1 Å². The van der Waals surface area contributed by atoms with E-state index in [1.54, 1.807) is 0 Å². The van der Waals surface area contributed by atoms with Crippen LogP contribution in [-0.4, -0.2) is 37.3 Å². The van der Waals surface area contributed by atoms with Gasteiger partial charge in [-0.3, -0.25) is 4.79 Å². The van der Waals surface area contributed by atoms with Crippen LogP contribution < -0.4 is 10.2 Å². The van der Waals surface area contributed by atoms with Gasteiger partial charge in [0.05, 0.1) is 0 Å². The van der Waals surface area contributed by atoms with E-state index >= 15 is 0 Å². The van der Waals surface area contributed by atoms with Crippen LogP contribution in [0.4, 0.5) is 5.69 Å². The van der Waals surface area contributed by atoms with Crippen LogP contribution in [0, 0.1) is 0 Å². The monoisotopic (exact) mass is 264 g/mol. The molecular formula is C15H24N2O2. The highest BCUT2D eigenvalue weighted by Gasteiger charge is 2.24. The maximum atomic E-state index is 12.2. The zero-order chi connectivity index (χ0) is 14.5. The van der Waals surface area contributed by atoms with Crippen molar-refractivity contribution < 1.29 is 9.90 Å². The van der Waals surface area contributed by atoms with E-state index in [1.807, 2.05) is 57.1 Å². The summed E-state index contributed by atoms with van der Waals surface area (Å²) in [6.45, 7) is 4.03. The second-order valence-corrected chi connectivity index (χ2v) is 5.28. The lowest BCUT2D eigenvalue weighted by molar-refractivity contribution is 0.0886. The number of benzene rings is 1. The summed E-state index contributed by atoms with van der Waals surface area (Å²) in [6.07, 6.45) is 1.35. The molecule has 1 rings (SSSR count). The van der Waals surface area contributed by atoms with Gasteiger partial charge >= 0.3 is 0 Å². The van der Waals surface area contributed by atoms with Gasteiger partial charge in [-0.1, -0.05) is 6.92 Å². The summed E-state index contributed by atoms with van der Waals surface area (Å²) in [6, 6.07) is 7.48. The molecule has 0 aliphatic heterocycles. The Balaban J connectivity index is 2.77. The summed E-state index contributed by atoms with van der Waals surface area (Å²) in [5, 5.41) is 12.1. The summed E-state index contributed by atoms with van der Waals surface area (Å²) in [4.78, 5) is 14.2. The second kappa shape index (κ2) is 6.57. The number of rotatable bonds is 6. The third kappa shape index (κ3) is 4.24. The predicted octanol–water partition coefficient (Wildman–Crippen LogP) is 2.03. The summed E-state index contributed by atoms with van der Waals surface area (Å²) in [5.74, 6) is -0.0943. The molecule has 0 saturated heterocycles. The fourth-order valence-electron chi connectivity index (χ4n) is 1.83. The molecule has 1 amide bonds. The first-order valence-corrected chi connectivity index (χ1v) is 6.62. The number of hydrogen-bond donors (Lipinski definition) is 2. The van der Waals surface area contributed by atoms with Gasteiger partial charge in [-0.05, 0) is 44.0 Å². The number of nitrogens with one attached hydrogen (secondary N) is 1. The molecule has 1 aromatic rings. The number of carbonyl (C=O) groups excluding carboxylic acids is 1. The minimum absolute atomic E-state index is 0.0736. The molecule has 0 aromatic heterocycles. The Morgan fingerprint density at radius 3 is 2.32 bits per heavy atom. The van der Waals surface area contributed by atoms with Crippen LogP contribution in [0.5, 0.6) is 0 Å². The van der Waals surface area contributed by atoms with Gasteiger partial charge in [-0.15, -0.1) is 0 Å². The Kier molecular flexibility index (Phi) is 5.36. The number of aliphatic hydroxyl groups excluding tert-OH is 1. The number of aliphatic hydroxyl groups is 1. The van der Waals surface area contributed by atoms with Gasteiger partial charge in [-0.2, -0.15) is 0 Å². The number of carbonyl (C=O) groups is 1. The number of amides is 1. The van der Waals surface area contributed by atoms with Crippen LogP contribution in [0.1, 0.15) is 37.0 Å². The molecular weight excluding hydrogens is 240 g/mol. The molecule has 0 spiro atoms. The SMILES string of the molecule is CCC(C)(CCO)NC(=O)c1ccc(N(C)C)cc1. The van der Waals surface area contributed by atoms with Crippen LogP contribution in [0.25, 0.3) is 0 Å². The van der Waals surface area contributed by atoms with Crippen LogP contribution in [-0.2, 0) is 0 Å². The molecule has 0 fully saturated rings. The van der Waals surface area contributed by atoms with Crippen LogP contribution in [0.2, 0.25) is 0 Å². The maximum Gasteiger partial charge on any atom is 0.251 e. The highest BCUT2D eigenvalue weighted by atomic mass is 16.3. The van der Waals surface area contributed by atoms with Crippen molar-refractivity contribution in [3.63, 3.8) is 0 Å². The van der Waals surface area contributed by atoms with Crippen LogP contribution in [0.3, 0.4) is 0 Å². The largest absolute Gasteiger partial charge is 0.396 e. The molecule has 4 heteroatoms. The van der Waals surface area contributed by atoms with Gasteiger partial charge in [0.2, 0.25) is 0 Å². The molecule has 0 bridgehead atoms. The van der Waals surface area contributed by atoms with Crippen molar-refractivity contribution in [2.45, 2.75) is 32.2 Å². The fourth-order valence-corrected chi connectivity index (χ4v) is 1.83. The van der Waals surface area contributed by atoms with Crippen molar-refractivity contribution in [1.82, 2.24) is 5.32 Å². The molecule has 1 atom stereocenters. The lowest BCUT2D eigenvalue weighted by atomic mass is 9.94. The second-order valence-electron chi connectivity index (χ2n) is 5.28. The van der Waals surface area contributed by atoms with E-state index < -0.39 is 0 Å². The standard InChI is InChI=1S/C15H24N2O2/c1-5-15(2,10-11-18)16-14(19)12-6-8-13(9-7-12)17(3)4/h6-9,18H,5,10-11H2,1-4H3,(H,16,19). The van der Waals surface area contributed by atoms with Crippen molar-refractivity contribution in [1.29, 1.82) is 0 Å². The molecule has 0 heterocycles. The Bertz CT molecular complexity index is 415. The molecule has 106 valence electrons. The molecule has 0 radical (unpaired) electrons. The predicted molar refractivity (Wildman–Crippen MR) is 78.6 cm³/mol. The zero-order valence-electron chi connectivity index (χ0n) is 12.2. The minimum atomic E-state index is -0.355. The molecule has 0 saturated carbocycles. The first-order chi connectivity index (χ1) is 8.91. The van der Waals surface area contributed by atoms with E-state index in [9.17, 15) is 4.79 Å². The molecule has 0 aliphatic rings. The van der Waals surface area contributed by atoms with Gasteiger partial charge < -0.3 is 15.3 Å². The average Bonchev–Trinajstić information content (AvgIpc) is 2.39. The van der Waals surface area contributed by atoms with Crippen molar-refractivity contribution in [2.24, 2.45) is 0 Å². The highest BCUT2D eigenvalue weighted by Crippen LogP contribution is 2.16. The fraction of sp³-hybridized carbons (Fsp3) is 0.533. The van der Waals surface area contributed by atoms with E-state index in [2.05, 4.69) is 5.32 Å². The van der Waals surface area contributed by atoms with E-state index in [0.29, 0.717) is 12.0 Å². The van der Waals surface area contributed by atoms with Crippen LogP contribution in [0.15, 0.2) is 24.3 Å². The van der Waals surface area contributed by atoms with Gasteiger partial charge in [0.25, 0.3) is 5.91 Å². The van der Waals surface area contributed by atoms with Crippen molar-refractivity contribution in [2.75, 3.05) is 25.6 Å².